The Morgan fingerprint density at radius 3 is 2.17 bits per heavy atom. The molecule has 7 heteroatoms. The first-order chi connectivity index (χ1) is 11.4. The standard InChI is InChI=1S/C17H14O7/c1-2-23-17(22)12-4-3-5-13(14(12)16(20)21)24-11-8-6-10(7-9-11)15(18)19/h3-9H,2H2,1H3,(H,18,19)(H,20,21). The fourth-order valence-corrected chi connectivity index (χ4v) is 2.01. The number of carboxylic acids is 2. The molecule has 0 spiro atoms. The molecule has 0 fully saturated rings. The summed E-state index contributed by atoms with van der Waals surface area (Å²) in [6.45, 7) is 1.72. The molecule has 0 aliphatic rings. The van der Waals surface area contributed by atoms with Crippen molar-refractivity contribution in [3.63, 3.8) is 0 Å². The molecule has 0 amide bonds. The van der Waals surface area contributed by atoms with Crippen molar-refractivity contribution in [2.24, 2.45) is 0 Å². The van der Waals surface area contributed by atoms with E-state index in [0.29, 0.717) is 0 Å². The maximum absolute atomic E-state index is 11.9. The highest BCUT2D eigenvalue weighted by atomic mass is 16.5. The van der Waals surface area contributed by atoms with Crippen LogP contribution < -0.4 is 4.74 Å². The summed E-state index contributed by atoms with van der Waals surface area (Å²) in [7, 11) is 0. The minimum atomic E-state index is -1.34. The second-order valence-corrected chi connectivity index (χ2v) is 4.64. The van der Waals surface area contributed by atoms with Crippen molar-refractivity contribution < 1.29 is 34.1 Å². The van der Waals surface area contributed by atoms with Gasteiger partial charge in [0.1, 0.15) is 17.1 Å². The smallest absolute Gasteiger partial charge is 0.340 e. The van der Waals surface area contributed by atoms with E-state index in [1.807, 2.05) is 0 Å². The highest BCUT2D eigenvalue weighted by Gasteiger charge is 2.22. The number of carbonyl (C=O) groups is 3. The molecule has 24 heavy (non-hydrogen) atoms. The van der Waals surface area contributed by atoms with E-state index in [-0.39, 0.29) is 34.8 Å². The van der Waals surface area contributed by atoms with Crippen molar-refractivity contribution in [3.05, 3.63) is 59.2 Å². The van der Waals surface area contributed by atoms with E-state index in [0.717, 1.165) is 0 Å². The van der Waals surface area contributed by atoms with Crippen molar-refractivity contribution >= 4 is 17.9 Å². The zero-order chi connectivity index (χ0) is 17.7. The lowest BCUT2D eigenvalue weighted by Gasteiger charge is -2.12. The van der Waals surface area contributed by atoms with Gasteiger partial charge in [-0.25, -0.2) is 14.4 Å². The summed E-state index contributed by atoms with van der Waals surface area (Å²) in [5, 5.41) is 18.3. The number of carboxylic acid groups (broad SMARTS) is 2. The molecule has 0 bridgehead atoms. The van der Waals surface area contributed by atoms with E-state index in [1.54, 1.807) is 6.92 Å². The Hall–Kier alpha value is -3.35. The van der Waals surface area contributed by atoms with Gasteiger partial charge in [-0.1, -0.05) is 6.07 Å². The summed E-state index contributed by atoms with van der Waals surface area (Å²) >= 11 is 0. The SMILES string of the molecule is CCOC(=O)c1cccc(Oc2ccc(C(=O)O)cc2)c1C(=O)O. The van der Waals surface area contributed by atoms with Gasteiger partial charge >= 0.3 is 17.9 Å². The number of hydrogen-bond acceptors (Lipinski definition) is 5. The molecule has 0 heterocycles. The average Bonchev–Trinajstić information content (AvgIpc) is 2.55. The zero-order valence-electron chi connectivity index (χ0n) is 12.7. The van der Waals surface area contributed by atoms with E-state index < -0.39 is 17.9 Å². The molecular formula is C17H14O7. The quantitative estimate of drug-likeness (QED) is 0.783. The first kappa shape index (κ1) is 17.0. The van der Waals surface area contributed by atoms with Crippen molar-refractivity contribution in [1.29, 1.82) is 0 Å². The fraction of sp³-hybridized carbons (Fsp3) is 0.118. The molecule has 0 saturated heterocycles. The monoisotopic (exact) mass is 330 g/mol. The van der Waals surface area contributed by atoms with Crippen LogP contribution in [0.1, 0.15) is 38.0 Å². The minimum Gasteiger partial charge on any atom is -0.478 e. The minimum absolute atomic E-state index is 0.0453. The van der Waals surface area contributed by atoms with Crippen molar-refractivity contribution in [3.8, 4) is 11.5 Å². The normalized spacial score (nSPS) is 10.0. The molecule has 0 aliphatic carbocycles. The molecule has 124 valence electrons. The fourth-order valence-electron chi connectivity index (χ4n) is 2.01. The summed E-state index contributed by atoms with van der Waals surface area (Å²) in [6.07, 6.45) is 0. The molecule has 0 aliphatic heterocycles. The first-order valence-corrected chi connectivity index (χ1v) is 6.98. The number of esters is 1. The van der Waals surface area contributed by atoms with Crippen LogP contribution in [0.5, 0.6) is 11.5 Å². The van der Waals surface area contributed by atoms with Gasteiger partial charge in [0.05, 0.1) is 17.7 Å². The second kappa shape index (κ2) is 7.28. The molecule has 0 aromatic heterocycles. The molecule has 2 N–H and O–H groups in total. The summed E-state index contributed by atoms with van der Waals surface area (Å²) < 4.78 is 10.3. The van der Waals surface area contributed by atoms with Crippen LogP contribution in [-0.2, 0) is 4.74 Å². The molecule has 0 unspecified atom stereocenters. The summed E-state index contributed by atoms with van der Waals surface area (Å²) in [4.78, 5) is 34.2. The predicted octanol–water partition coefficient (Wildman–Crippen LogP) is 3.05. The van der Waals surface area contributed by atoms with E-state index in [1.165, 1.54) is 42.5 Å². The lowest BCUT2D eigenvalue weighted by Crippen LogP contribution is -2.12. The third-order valence-electron chi connectivity index (χ3n) is 3.06. The van der Waals surface area contributed by atoms with Crippen molar-refractivity contribution in [2.75, 3.05) is 6.61 Å². The number of ether oxygens (including phenoxy) is 2. The highest BCUT2D eigenvalue weighted by Crippen LogP contribution is 2.28. The van der Waals surface area contributed by atoms with E-state index >= 15 is 0 Å². The molecule has 2 aromatic rings. The Morgan fingerprint density at radius 2 is 1.62 bits per heavy atom. The van der Waals surface area contributed by atoms with Gasteiger partial charge in [0.15, 0.2) is 0 Å². The molecule has 2 rings (SSSR count). The summed E-state index contributed by atoms with van der Waals surface area (Å²) in [6, 6.07) is 9.65. The van der Waals surface area contributed by atoms with Gasteiger partial charge in [-0.15, -0.1) is 0 Å². The number of benzene rings is 2. The topological polar surface area (TPSA) is 110 Å². The number of carbonyl (C=O) groups excluding carboxylic acids is 1. The lowest BCUT2D eigenvalue weighted by molar-refractivity contribution is 0.0513. The summed E-state index contributed by atoms with van der Waals surface area (Å²) in [5.74, 6) is -2.99. The van der Waals surface area contributed by atoms with Gasteiger partial charge in [-0.05, 0) is 43.3 Å². The first-order valence-electron chi connectivity index (χ1n) is 6.98. The maximum Gasteiger partial charge on any atom is 0.340 e. The van der Waals surface area contributed by atoms with E-state index in [4.69, 9.17) is 14.6 Å². The largest absolute Gasteiger partial charge is 0.478 e. The molecule has 7 nitrogen and oxygen atoms in total. The van der Waals surface area contributed by atoms with Crippen LogP contribution in [0.4, 0.5) is 0 Å². The van der Waals surface area contributed by atoms with Crippen LogP contribution in [0.25, 0.3) is 0 Å². The molecule has 0 atom stereocenters. The van der Waals surface area contributed by atoms with E-state index in [9.17, 15) is 19.5 Å². The van der Waals surface area contributed by atoms with E-state index in [2.05, 4.69) is 0 Å². The van der Waals surface area contributed by atoms with Gasteiger partial charge in [0, 0.05) is 0 Å². The lowest BCUT2D eigenvalue weighted by atomic mass is 10.1. The van der Waals surface area contributed by atoms with Crippen LogP contribution >= 0.6 is 0 Å². The maximum atomic E-state index is 11.9. The Bertz CT molecular complexity index is 778. The Kier molecular flexibility index (Phi) is 5.16. The second-order valence-electron chi connectivity index (χ2n) is 4.64. The van der Waals surface area contributed by atoms with Gasteiger partial charge in [0.25, 0.3) is 0 Å². The number of rotatable bonds is 6. The third-order valence-corrected chi connectivity index (χ3v) is 3.06. The summed E-state index contributed by atoms with van der Waals surface area (Å²) in [5.41, 5.74) is -0.372. The van der Waals surface area contributed by atoms with Crippen LogP contribution in [0.15, 0.2) is 42.5 Å². The van der Waals surface area contributed by atoms with Crippen LogP contribution in [-0.4, -0.2) is 34.7 Å². The van der Waals surface area contributed by atoms with Crippen LogP contribution in [0, 0.1) is 0 Å². The average molecular weight is 330 g/mol. The Labute approximate surface area is 137 Å². The van der Waals surface area contributed by atoms with Gasteiger partial charge < -0.3 is 19.7 Å². The number of hydrogen-bond donors (Lipinski definition) is 2. The molecule has 0 radical (unpaired) electrons. The molecule has 2 aromatic carbocycles. The van der Waals surface area contributed by atoms with Crippen LogP contribution in [0.2, 0.25) is 0 Å². The van der Waals surface area contributed by atoms with Crippen molar-refractivity contribution in [2.45, 2.75) is 6.92 Å². The highest BCUT2D eigenvalue weighted by molar-refractivity contribution is 6.04. The Balaban J connectivity index is 2.39. The van der Waals surface area contributed by atoms with Crippen molar-refractivity contribution in [1.82, 2.24) is 0 Å². The predicted molar refractivity (Wildman–Crippen MR) is 82.8 cm³/mol. The third kappa shape index (κ3) is 3.70. The van der Waals surface area contributed by atoms with Crippen LogP contribution in [0.3, 0.4) is 0 Å². The van der Waals surface area contributed by atoms with Gasteiger partial charge in [-0.2, -0.15) is 0 Å². The Morgan fingerprint density at radius 1 is 0.958 bits per heavy atom. The zero-order valence-corrected chi connectivity index (χ0v) is 12.7. The number of aromatic carboxylic acids is 2. The van der Waals surface area contributed by atoms with Gasteiger partial charge in [0.2, 0.25) is 0 Å². The molecular weight excluding hydrogens is 316 g/mol. The van der Waals surface area contributed by atoms with Gasteiger partial charge in [-0.3, -0.25) is 0 Å². The molecule has 0 saturated carbocycles.